The lowest BCUT2D eigenvalue weighted by molar-refractivity contribution is 0.574. The lowest BCUT2D eigenvalue weighted by Gasteiger charge is -2.34. The van der Waals surface area contributed by atoms with Crippen LogP contribution in [0, 0.1) is 12.8 Å². The molecule has 2 aromatic carbocycles. The van der Waals surface area contributed by atoms with E-state index in [9.17, 15) is 0 Å². The molecule has 0 saturated carbocycles. The minimum Gasteiger partial charge on any atom is -0.364 e. The van der Waals surface area contributed by atoms with E-state index in [2.05, 4.69) is 72.2 Å². The molecule has 0 bridgehead atoms. The molecule has 2 aliphatic rings. The Hall–Kier alpha value is -2.35. The first kappa shape index (κ1) is 12.4. The number of hydrogen-bond donors (Lipinski definition) is 2. The summed E-state index contributed by atoms with van der Waals surface area (Å²) in [5.74, 6) is 0.462. The molecular weight excluding hydrogens is 256 g/mol. The van der Waals surface area contributed by atoms with Crippen molar-refractivity contribution in [2.75, 3.05) is 10.6 Å². The van der Waals surface area contributed by atoms with Crippen LogP contribution in [-0.4, -0.2) is 6.17 Å². The fourth-order valence-corrected chi connectivity index (χ4v) is 3.28. The largest absolute Gasteiger partial charge is 0.364 e. The van der Waals surface area contributed by atoms with Gasteiger partial charge in [-0.05, 0) is 29.5 Å². The van der Waals surface area contributed by atoms with Gasteiger partial charge in [0, 0.05) is 22.7 Å². The van der Waals surface area contributed by atoms with Crippen molar-refractivity contribution in [1.29, 1.82) is 0 Å². The van der Waals surface area contributed by atoms with Gasteiger partial charge in [-0.3, -0.25) is 0 Å². The van der Waals surface area contributed by atoms with Gasteiger partial charge in [-0.1, -0.05) is 42.5 Å². The zero-order valence-electron chi connectivity index (χ0n) is 12.0. The minimum absolute atomic E-state index is 0.240. The average molecular weight is 275 g/mol. The van der Waals surface area contributed by atoms with Gasteiger partial charge in [0.05, 0.1) is 6.92 Å². The van der Waals surface area contributed by atoms with Crippen LogP contribution in [-0.2, 0) is 0 Å². The number of nitrogens with one attached hydrogen (secondary N) is 2. The molecule has 1 unspecified atom stereocenters. The SMILES string of the molecule is [CH2+]CC1=CCC(C2Nc3cccc4cccc(c34)N2)C=C1. The summed E-state index contributed by atoms with van der Waals surface area (Å²) >= 11 is 0. The molecule has 2 heteroatoms. The summed E-state index contributed by atoms with van der Waals surface area (Å²) in [5, 5.41) is 9.89. The van der Waals surface area contributed by atoms with Crippen LogP contribution >= 0.6 is 0 Å². The Morgan fingerprint density at radius 2 is 1.76 bits per heavy atom. The van der Waals surface area contributed by atoms with Crippen molar-refractivity contribution in [3.8, 4) is 0 Å². The molecule has 1 aliphatic heterocycles. The van der Waals surface area contributed by atoms with Crippen molar-refractivity contribution in [3.63, 3.8) is 0 Å². The van der Waals surface area contributed by atoms with Gasteiger partial charge in [0.2, 0.25) is 0 Å². The van der Waals surface area contributed by atoms with Crippen molar-refractivity contribution < 1.29 is 0 Å². The Bertz CT molecular complexity index is 702. The summed E-state index contributed by atoms with van der Waals surface area (Å²) < 4.78 is 0. The molecule has 0 aromatic heterocycles. The lowest BCUT2D eigenvalue weighted by Crippen LogP contribution is -2.38. The second-order valence-electron chi connectivity index (χ2n) is 5.76. The highest BCUT2D eigenvalue weighted by Gasteiger charge is 2.25. The Balaban J connectivity index is 1.65. The molecule has 21 heavy (non-hydrogen) atoms. The van der Waals surface area contributed by atoms with E-state index in [4.69, 9.17) is 0 Å². The number of rotatable bonds is 2. The first-order valence-electron chi connectivity index (χ1n) is 7.56. The molecule has 0 saturated heterocycles. The topological polar surface area (TPSA) is 24.1 Å². The van der Waals surface area contributed by atoms with Crippen LogP contribution in [0.4, 0.5) is 11.4 Å². The Kier molecular flexibility index (Phi) is 2.88. The number of hydrogen-bond acceptors (Lipinski definition) is 2. The Morgan fingerprint density at radius 1 is 1.05 bits per heavy atom. The minimum atomic E-state index is 0.240. The quantitative estimate of drug-likeness (QED) is 0.774. The predicted molar refractivity (Wildman–Crippen MR) is 90.3 cm³/mol. The van der Waals surface area contributed by atoms with Crippen molar-refractivity contribution in [1.82, 2.24) is 0 Å². The van der Waals surface area contributed by atoms with Gasteiger partial charge in [0.1, 0.15) is 12.6 Å². The highest BCUT2D eigenvalue weighted by molar-refractivity contribution is 6.04. The molecule has 2 N–H and O–H groups in total. The Morgan fingerprint density at radius 3 is 2.33 bits per heavy atom. The molecule has 0 radical (unpaired) electrons. The summed E-state index contributed by atoms with van der Waals surface area (Å²) in [5.41, 5.74) is 3.80. The third-order valence-electron chi connectivity index (χ3n) is 4.45. The zero-order valence-corrected chi connectivity index (χ0v) is 12.0. The molecule has 1 heterocycles. The second kappa shape index (κ2) is 4.88. The average Bonchev–Trinajstić information content (AvgIpc) is 2.55. The number of allylic oxidation sites excluding steroid dienone is 3. The van der Waals surface area contributed by atoms with Gasteiger partial charge in [-0.2, -0.15) is 0 Å². The normalized spacial score (nSPS) is 20.8. The van der Waals surface area contributed by atoms with E-state index in [1.807, 2.05) is 0 Å². The molecule has 0 amide bonds. The Labute approximate surface area is 125 Å². The van der Waals surface area contributed by atoms with Crippen LogP contribution in [0.3, 0.4) is 0 Å². The number of benzene rings is 2. The monoisotopic (exact) mass is 275 g/mol. The molecule has 4 rings (SSSR count). The predicted octanol–water partition coefficient (Wildman–Crippen LogP) is 4.73. The van der Waals surface area contributed by atoms with Gasteiger partial charge >= 0.3 is 0 Å². The van der Waals surface area contributed by atoms with Gasteiger partial charge in [-0.15, -0.1) is 0 Å². The zero-order chi connectivity index (χ0) is 14.2. The molecule has 104 valence electrons. The first-order valence-corrected chi connectivity index (χ1v) is 7.56. The molecule has 2 nitrogen and oxygen atoms in total. The van der Waals surface area contributed by atoms with Gasteiger partial charge in [-0.25, -0.2) is 0 Å². The highest BCUT2D eigenvalue weighted by atomic mass is 15.2. The van der Waals surface area contributed by atoms with E-state index in [0.29, 0.717) is 5.92 Å². The van der Waals surface area contributed by atoms with Crippen molar-refractivity contribution in [2.45, 2.75) is 19.0 Å². The smallest absolute Gasteiger partial charge is 0.110 e. The van der Waals surface area contributed by atoms with Crippen LogP contribution in [0.15, 0.2) is 60.2 Å². The van der Waals surface area contributed by atoms with E-state index in [0.717, 1.165) is 12.8 Å². The third-order valence-corrected chi connectivity index (χ3v) is 4.45. The molecule has 1 aliphatic carbocycles. The maximum absolute atomic E-state index is 3.95. The first-order chi connectivity index (χ1) is 10.3. The fourth-order valence-electron chi connectivity index (χ4n) is 3.28. The fraction of sp³-hybridized carbons (Fsp3) is 0.211. The molecule has 1 atom stereocenters. The van der Waals surface area contributed by atoms with Crippen molar-refractivity contribution >= 4 is 22.1 Å². The molecule has 0 spiro atoms. The van der Waals surface area contributed by atoms with Crippen LogP contribution in [0.2, 0.25) is 0 Å². The maximum Gasteiger partial charge on any atom is 0.110 e. The van der Waals surface area contributed by atoms with E-state index in [1.54, 1.807) is 0 Å². The lowest BCUT2D eigenvalue weighted by atomic mass is 9.91. The van der Waals surface area contributed by atoms with Crippen molar-refractivity contribution in [3.05, 3.63) is 67.1 Å². The van der Waals surface area contributed by atoms with E-state index in [1.165, 1.54) is 27.7 Å². The van der Waals surface area contributed by atoms with Crippen LogP contribution in [0.25, 0.3) is 10.8 Å². The standard InChI is InChI=1S/C19H19N2/c1-2-13-9-11-15(12-10-13)19-20-16-7-3-5-14-6-4-8-17(21-19)18(14)16/h3-11,15,19-21H,1-2,12H2/q+1. The summed E-state index contributed by atoms with van der Waals surface area (Å²) in [7, 11) is 0. The summed E-state index contributed by atoms with van der Waals surface area (Å²) in [6, 6.07) is 12.9. The maximum atomic E-state index is 3.95. The van der Waals surface area contributed by atoms with E-state index >= 15 is 0 Å². The van der Waals surface area contributed by atoms with Gasteiger partial charge < -0.3 is 10.6 Å². The summed E-state index contributed by atoms with van der Waals surface area (Å²) in [6.07, 6.45) is 9.00. The van der Waals surface area contributed by atoms with Crippen LogP contribution in [0.5, 0.6) is 0 Å². The molecule has 2 aromatic rings. The number of anilines is 2. The summed E-state index contributed by atoms with van der Waals surface area (Å²) in [6.45, 7) is 3.95. The van der Waals surface area contributed by atoms with Crippen LogP contribution in [0.1, 0.15) is 12.8 Å². The molecular formula is C19H19N2+. The van der Waals surface area contributed by atoms with Gasteiger partial charge in [0.15, 0.2) is 0 Å². The van der Waals surface area contributed by atoms with Crippen LogP contribution < -0.4 is 10.6 Å². The van der Waals surface area contributed by atoms with Gasteiger partial charge in [0.25, 0.3) is 0 Å². The van der Waals surface area contributed by atoms with E-state index < -0.39 is 0 Å². The highest BCUT2D eigenvalue weighted by Crippen LogP contribution is 2.37. The third kappa shape index (κ3) is 2.07. The van der Waals surface area contributed by atoms with E-state index in [-0.39, 0.29) is 6.17 Å². The second-order valence-corrected chi connectivity index (χ2v) is 5.76. The molecule has 0 fully saturated rings. The van der Waals surface area contributed by atoms with Crippen molar-refractivity contribution in [2.24, 2.45) is 5.92 Å². The summed E-state index contributed by atoms with van der Waals surface area (Å²) in [4.78, 5) is 0.